The smallest absolute Gasteiger partial charge is 0.101 e. The predicted octanol–water partition coefficient (Wildman–Crippen LogP) is 3.43. The van der Waals surface area contributed by atoms with Crippen LogP contribution >= 0.6 is 11.6 Å². The molecule has 4 nitrogen and oxygen atoms in total. The third-order valence-electron chi connectivity index (χ3n) is 2.73. The van der Waals surface area contributed by atoms with Gasteiger partial charge >= 0.3 is 0 Å². The third-order valence-corrected chi connectivity index (χ3v) is 3.04. The maximum atomic E-state index is 8.80. The van der Waals surface area contributed by atoms with Gasteiger partial charge in [-0.2, -0.15) is 10.4 Å². The zero-order chi connectivity index (χ0) is 13.7. The highest BCUT2D eigenvalue weighted by Crippen LogP contribution is 2.20. The maximum Gasteiger partial charge on any atom is 0.101 e. The molecule has 0 unspecified atom stereocenters. The van der Waals surface area contributed by atoms with Crippen LogP contribution in [-0.2, 0) is 13.1 Å². The molecule has 0 bridgehead atoms. The van der Waals surface area contributed by atoms with Crippen molar-refractivity contribution in [2.24, 2.45) is 0 Å². The Kier molecular flexibility index (Phi) is 4.43. The van der Waals surface area contributed by atoms with E-state index in [0.717, 1.165) is 24.2 Å². The van der Waals surface area contributed by atoms with Crippen LogP contribution in [0.5, 0.6) is 0 Å². The van der Waals surface area contributed by atoms with Crippen LogP contribution in [0.25, 0.3) is 0 Å². The number of nitriles is 1. The van der Waals surface area contributed by atoms with Gasteiger partial charge in [0.2, 0.25) is 0 Å². The van der Waals surface area contributed by atoms with Crippen molar-refractivity contribution in [1.29, 1.82) is 5.26 Å². The van der Waals surface area contributed by atoms with Crippen molar-refractivity contribution in [1.82, 2.24) is 9.78 Å². The Morgan fingerprint density at radius 1 is 1.47 bits per heavy atom. The molecule has 0 fully saturated rings. The SMILES string of the molecule is CCCn1cc(CNc2ccc(C#N)c(Cl)c2)cn1. The number of nitrogens with zero attached hydrogens (tertiary/aromatic N) is 3. The normalized spacial score (nSPS) is 10.2. The first kappa shape index (κ1) is 13.4. The van der Waals surface area contributed by atoms with Crippen molar-refractivity contribution < 1.29 is 0 Å². The Morgan fingerprint density at radius 2 is 2.32 bits per heavy atom. The van der Waals surface area contributed by atoms with E-state index in [1.165, 1.54) is 0 Å². The van der Waals surface area contributed by atoms with Gasteiger partial charge in [-0.25, -0.2) is 0 Å². The zero-order valence-corrected chi connectivity index (χ0v) is 11.5. The summed E-state index contributed by atoms with van der Waals surface area (Å²) in [5, 5.41) is 16.8. The number of halogens is 1. The summed E-state index contributed by atoms with van der Waals surface area (Å²) in [5.74, 6) is 0. The molecule has 0 aliphatic carbocycles. The Labute approximate surface area is 117 Å². The van der Waals surface area contributed by atoms with Gasteiger partial charge < -0.3 is 5.32 Å². The molecule has 0 saturated carbocycles. The summed E-state index contributed by atoms with van der Waals surface area (Å²) in [6, 6.07) is 7.36. The fourth-order valence-electron chi connectivity index (χ4n) is 1.77. The Balaban J connectivity index is 1.98. The molecule has 0 amide bonds. The van der Waals surface area contributed by atoms with Crippen molar-refractivity contribution in [3.63, 3.8) is 0 Å². The molecule has 2 aromatic rings. The molecule has 0 saturated heterocycles. The number of benzene rings is 1. The summed E-state index contributed by atoms with van der Waals surface area (Å²) >= 11 is 5.98. The van der Waals surface area contributed by atoms with E-state index >= 15 is 0 Å². The highest BCUT2D eigenvalue weighted by atomic mass is 35.5. The van der Waals surface area contributed by atoms with Crippen LogP contribution < -0.4 is 5.32 Å². The summed E-state index contributed by atoms with van der Waals surface area (Å²) in [4.78, 5) is 0. The van der Waals surface area contributed by atoms with Gasteiger partial charge in [-0.1, -0.05) is 18.5 Å². The number of nitrogens with one attached hydrogen (secondary N) is 1. The van der Waals surface area contributed by atoms with E-state index in [1.54, 1.807) is 12.1 Å². The molecule has 1 N–H and O–H groups in total. The number of anilines is 1. The molecule has 0 aliphatic rings. The molecule has 1 heterocycles. The summed E-state index contributed by atoms with van der Waals surface area (Å²) in [6.45, 7) is 3.74. The van der Waals surface area contributed by atoms with Crippen molar-refractivity contribution in [2.75, 3.05) is 5.32 Å². The van der Waals surface area contributed by atoms with Crippen LogP contribution in [0.3, 0.4) is 0 Å². The molecule has 2 rings (SSSR count). The van der Waals surface area contributed by atoms with Crippen LogP contribution in [0.2, 0.25) is 5.02 Å². The number of hydrogen-bond donors (Lipinski definition) is 1. The topological polar surface area (TPSA) is 53.6 Å². The summed E-state index contributed by atoms with van der Waals surface area (Å²) < 4.78 is 1.93. The molecule has 0 atom stereocenters. The van der Waals surface area contributed by atoms with Crippen LogP contribution in [0.15, 0.2) is 30.6 Å². The fraction of sp³-hybridized carbons (Fsp3) is 0.286. The molecule has 0 aliphatic heterocycles. The molecule has 0 spiro atoms. The second kappa shape index (κ2) is 6.26. The van der Waals surface area contributed by atoms with Crippen molar-refractivity contribution >= 4 is 17.3 Å². The first-order chi connectivity index (χ1) is 9.22. The summed E-state index contributed by atoms with van der Waals surface area (Å²) in [6.07, 6.45) is 4.95. The quantitative estimate of drug-likeness (QED) is 0.909. The van der Waals surface area contributed by atoms with Gasteiger partial charge in [0.05, 0.1) is 16.8 Å². The lowest BCUT2D eigenvalue weighted by Gasteiger charge is -2.05. The number of rotatable bonds is 5. The highest BCUT2D eigenvalue weighted by Gasteiger charge is 2.02. The molecule has 0 radical (unpaired) electrons. The predicted molar refractivity (Wildman–Crippen MR) is 76.0 cm³/mol. The van der Waals surface area contributed by atoms with E-state index < -0.39 is 0 Å². The Morgan fingerprint density at radius 3 is 3.00 bits per heavy atom. The third kappa shape index (κ3) is 3.49. The van der Waals surface area contributed by atoms with E-state index in [0.29, 0.717) is 17.1 Å². The minimum Gasteiger partial charge on any atom is -0.381 e. The number of aryl methyl sites for hydroxylation is 1. The van der Waals surface area contributed by atoms with Crippen molar-refractivity contribution in [2.45, 2.75) is 26.4 Å². The van der Waals surface area contributed by atoms with E-state index in [9.17, 15) is 0 Å². The highest BCUT2D eigenvalue weighted by molar-refractivity contribution is 6.32. The Bertz CT molecular complexity index is 598. The van der Waals surface area contributed by atoms with Gasteiger partial charge in [0, 0.05) is 30.5 Å². The first-order valence-electron chi connectivity index (χ1n) is 6.17. The van der Waals surface area contributed by atoms with Gasteiger partial charge in [-0.15, -0.1) is 0 Å². The van der Waals surface area contributed by atoms with Crippen LogP contribution in [0.4, 0.5) is 5.69 Å². The van der Waals surface area contributed by atoms with E-state index in [2.05, 4.69) is 17.3 Å². The standard InChI is InChI=1S/C14H15ClN4/c1-2-5-19-10-11(9-18-19)8-17-13-4-3-12(7-16)14(15)6-13/h3-4,6,9-10,17H,2,5,8H2,1H3. The minimum absolute atomic E-state index is 0.467. The molecule has 98 valence electrons. The van der Waals surface area contributed by atoms with Gasteiger partial charge in [0.15, 0.2) is 0 Å². The van der Waals surface area contributed by atoms with E-state index in [-0.39, 0.29) is 0 Å². The second-order valence-electron chi connectivity index (χ2n) is 4.27. The van der Waals surface area contributed by atoms with Gasteiger partial charge in [-0.3, -0.25) is 4.68 Å². The van der Waals surface area contributed by atoms with E-state index in [1.807, 2.05) is 29.2 Å². The lowest BCUT2D eigenvalue weighted by atomic mass is 10.2. The van der Waals surface area contributed by atoms with Gasteiger partial charge in [0.25, 0.3) is 0 Å². The molecule has 5 heteroatoms. The zero-order valence-electron chi connectivity index (χ0n) is 10.7. The number of hydrogen-bond acceptors (Lipinski definition) is 3. The van der Waals surface area contributed by atoms with E-state index in [4.69, 9.17) is 16.9 Å². The lowest BCUT2D eigenvalue weighted by Crippen LogP contribution is -1.99. The average Bonchev–Trinajstić information content (AvgIpc) is 2.85. The molecule has 1 aromatic carbocycles. The van der Waals surface area contributed by atoms with Crippen molar-refractivity contribution in [3.05, 3.63) is 46.7 Å². The van der Waals surface area contributed by atoms with Crippen LogP contribution in [-0.4, -0.2) is 9.78 Å². The van der Waals surface area contributed by atoms with Gasteiger partial charge in [-0.05, 0) is 24.6 Å². The molecule has 19 heavy (non-hydrogen) atoms. The summed E-state index contributed by atoms with van der Waals surface area (Å²) in [5.41, 5.74) is 2.50. The van der Waals surface area contributed by atoms with Crippen LogP contribution in [0, 0.1) is 11.3 Å². The Hall–Kier alpha value is -1.99. The lowest BCUT2D eigenvalue weighted by molar-refractivity contribution is 0.602. The monoisotopic (exact) mass is 274 g/mol. The second-order valence-corrected chi connectivity index (χ2v) is 4.68. The van der Waals surface area contributed by atoms with Crippen LogP contribution in [0.1, 0.15) is 24.5 Å². The summed E-state index contributed by atoms with van der Waals surface area (Å²) in [7, 11) is 0. The molecular weight excluding hydrogens is 260 g/mol. The largest absolute Gasteiger partial charge is 0.381 e. The molecular formula is C14H15ClN4. The minimum atomic E-state index is 0.467. The maximum absolute atomic E-state index is 8.80. The fourth-order valence-corrected chi connectivity index (χ4v) is 1.99. The van der Waals surface area contributed by atoms with Gasteiger partial charge in [0.1, 0.15) is 6.07 Å². The van der Waals surface area contributed by atoms with Crippen molar-refractivity contribution in [3.8, 4) is 6.07 Å². The average molecular weight is 275 g/mol. The first-order valence-corrected chi connectivity index (χ1v) is 6.55. The molecule has 1 aromatic heterocycles. The number of aromatic nitrogens is 2.